The third kappa shape index (κ3) is 0.486. The molecule has 1 spiro atoms. The molecular formula is C5H10O2S. The lowest BCUT2D eigenvalue weighted by Gasteiger charge is -2.14. The minimum atomic E-state index is -2.27. The van der Waals surface area contributed by atoms with E-state index in [9.17, 15) is 4.21 Å². The third-order valence-electron chi connectivity index (χ3n) is 2.00. The second kappa shape index (κ2) is 1.02. The van der Waals surface area contributed by atoms with Crippen LogP contribution in [0.15, 0.2) is 0 Å². The van der Waals surface area contributed by atoms with Crippen LogP contribution < -0.4 is 0 Å². The normalized spacial score (nSPS) is 43.2. The van der Waals surface area contributed by atoms with E-state index in [1.54, 1.807) is 0 Å². The fourth-order valence-electron chi connectivity index (χ4n) is 1.27. The van der Waals surface area contributed by atoms with Gasteiger partial charge in [0.25, 0.3) is 0 Å². The molecule has 2 aliphatic rings. The molecule has 2 nitrogen and oxygen atoms in total. The van der Waals surface area contributed by atoms with Crippen LogP contribution in [-0.4, -0.2) is 21.7 Å². The van der Waals surface area contributed by atoms with Crippen LogP contribution in [0.2, 0.25) is 0 Å². The highest BCUT2D eigenvalue weighted by molar-refractivity contribution is 8.20. The van der Waals surface area contributed by atoms with Gasteiger partial charge in [-0.25, -0.2) is 4.21 Å². The molecule has 0 aliphatic carbocycles. The van der Waals surface area contributed by atoms with Gasteiger partial charge in [0.15, 0.2) is 5.94 Å². The van der Waals surface area contributed by atoms with Crippen LogP contribution in [0.3, 0.4) is 0 Å². The predicted octanol–water partition coefficient (Wildman–Crippen LogP) is 0.503. The van der Waals surface area contributed by atoms with Gasteiger partial charge in [0.2, 0.25) is 0 Å². The summed E-state index contributed by atoms with van der Waals surface area (Å²) >= 11 is 0. The molecule has 48 valence electrons. The van der Waals surface area contributed by atoms with E-state index in [1.165, 1.54) is 0 Å². The molecule has 0 saturated carbocycles. The summed E-state index contributed by atoms with van der Waals surface area (Å²) in [4.78, 5) is 0. The first-order valence-electron chi connectivity index (χ1n) is 2.99. The van der Waals surface area contributed by atoms with E-state index in [4.69, 9.17) is 4.18 Å². The van der Waals surface area contributed by atoms with Gasteiger partial charge in [0.1, 0.15) is 0 Å². The van der Waals surface area contributed by atoms with Gasteiger partial charge < -0.3 is 0 Å². The summed E-state index contributed by atoms with van der Waals surface area (Å²) in [5.74, 6) is 2.30. The second-order valence-corrected chi connectivity index (χ2v) is 6.80. The van der Waals surface area contributed by atoms with Crippen LogP contribution >= 0.6 is 0 Å². The van der Waals surface area contributed by atoms with E-state index in [-0.39, 0.29) is 0 Å². The maximum atomic E-state index is 11.5. The molecule has 0 N–H and O–H groups in total. The molecule has 0 amide bonds. The Hall–Kier alpha value is 0.110. The first-order chi connectivity index (χ1) is 3.71. The zero-order valence-electron chi connectivity index (χ0n) is 4.76. The Morgan fingerprint density at radius 3 is 2.00 bits per heavy atom. The molecule has 0 bridgehead atoms. The number of hydrogen-bond donors (Lipinski definition) is 0. The summed E-state index contributed by atoms with van der Waals surface area (Å²) < 4.78 is 16.5. The monoisotopic (exact) mass is 134 g/mol. The van der Waals surface area contributed by atoms with Crippen molar-refractivity contribution in [2.24, 2.45) is 0 Å². The molecule has 2 rings (SSSR count). The van der Waals surface area contributed by atoms with E-state index in [2.05, 4.69) is 0 Å². The van der Waals surface area contributed by atoms with Gasteiger partial charge in [-0.15, -0.1) is 0 Å². The lowest BCUT2D eigenvalue weighted by Crippen LogP contribution is -2.15. The highest BCUT2D eigenvalue weighted by Crippen LogP contribution is 2.47. The fraction of sp³-hybridized carbons (Fsp3) is 1.00. The fourth-order valence-corrected chi connectivity index (χ4v) is 4.35. The van der Waals surface area contributed by atoms with Crippen molar-refractivity contribution in [2.75, 3.05) is 17.4 Å². The largest absolute Gasteiger partial charge is 0.266 e. The summed E-state index contributed by atoms with van der Waals surface area (Å²) in [5.41, 5.74) is 0. The van der Waals surface area contributed by atoms with Gasteiger partial charge in [0, 0.05) is 11.5 Å². The topological polar surface area (TPSA) is 29.6 Å². The van der Waals surface area contributed by atoms with Crippen molar-refractivity contribution in [3.05, 3.63) is 0 Å². The second-order valence-electron chi connectivity index (χ2n) is 2.74. The highest BCUT2D eigenvalue weighted by atomic mass is 32.3. The van der Waals surface area contributed by atoms with Crippen LogP contribution in [0.25, 0.3) is 0 Å². The molecule has 0 aromatic rings. The standard InChI is InChI=1S/C5H10O2S/c6-8(5-7-8)3-1-2-4-8/h1-5H2. The Bertz CT molecular complexity index is 165. The molecule has 2 heterocycles. The van der Waals surface area contributed by atoms with Crippen molar-refractivity contribution in [3.8, 4) is 0 Å². The molecule has 2 aliphatic heterocycles. The Labute approximate surface area is 48.8 Å². The Kier molecular flexibility index (Phi) is 0.632. The predicted molar refractivity (Wildman–Crippen MR) is 33.1 cm³/mol. The Morgan fingerprint density at radius 2 is 1.75 bits per heavy atom. The average molecular weight is 134 g/mol. The lowest BCUT2D eigenvalue weighted by molar-refractivity contribution is 0.540. The Morgan fingerprint density at radius 1 is 1.25 bits per heavy atom. The average Bonchev–Trinajstić information content (AvgIpc) is 2.19. The molecule has 0 atom stereocenters. The van der Waals surface area contributed by atoms with E-state index >= 15 is 0 Å². The molecule has 0 radical (unpaired) electrons. The molecule has 0 aromatic heterocycles. The molecule has 2 saturated heterocycles. The third-order valence-corrected chi connectivity index (χ3v) is 5.49. The van der Waals surface area contributed by atoms with Crippen LogP contribution in [-0.2, 0) is 13.5 Å². The molecule has 3 heteroatoms. The summed E-state index contributed by atoms with van der Waals surface area (Å²) in [6.07, 6.45) is 2.23. The van der Waals surface area contributed by atoms with Crippen molar-refractivity contribution in [2.45, 2.75) is 12.8 Å². The summed E-state index contributed by atoms with van der Waals surface area (Å²) in [6.45, 7) is 0. The number of rotatable bonds is 0. The maximum Gasteiger partial charge on any atom is 0.156 e. The zero-order chi connectivity index (χ0) is 5.69. The van der Waals surface area contributed by atoms with Crippen LogP contribution in [0.4, 0.5) is 0 Å². The summed E-state index contributed by atoms with van der Waals surface area (Å²) in [6, 6.07) is 0. The van der Waals surface area contributed by atoms with Crippen LogP contribution in [0, 0.1) is 0 Å². The van der Waals surface area contributed by atoms with Crippen molar-refractivity contribution in [3.63, 3.8) is 0 Å². The lowest BCUT2D eigenvalue weighted by atomic mass is 10.4. The molecule has 0 unspecified atom stereocenters. The van der Waals surface area contributed by atoms with Gasteiger partial charge in [-0.3, -0.25) is 4.18 Å². The van der Waals surface area contributed by atoms with Crippen molar-refractivity contribution in [1.82, 2.24) is 0 Å². The van der Waals surface area contributed by atoms with Crippen molar-refractivity contribution in [1.29, 1.82) is 0 Å². The molecule has 2 fully saturated rings. The summed E-state index contributed by atoms with van der Waals surface area (Å²) in [7, 11) is -2.27. The van der Waals surface area contributed by atoms with E-state index in [0.29, 0.717) is 5.94 Å². The van der Waals surface area contributed by atoms with Crippen LogP contribution in [0.1, 0.15) is 12.8 Å². The van der Waals surface area contributed by atoms with Crippen LogP contribution in [0.5, 0.6) is 0 Å². The zero-order valence-corrected chi connectivity index (χ0v) is 5.58. The Balaban J connectivity index is 2.36. The van der Waals surface area contributed by atoms with Gasteiger partial charge in [-0.2, -0.15) is 9.35 Å². The van der Waals surface area contributed by atoms with E-state index < -0.39 is 9.35 Å². The first kappa shape index (κ1) is 4.94. The summed E-state index contributed by atoms with van der Waals surface area (Å²) in [5, 5.41) is 0. The van der Waals surface area contributed by atoms with E-state index in [0.717, 1.165) is 24.3 Å². The molecule has 8 heavy (non-hydrogen) atoms. The minimum Gasteiger partial charge on any atom is -0.266 e. The van der Waals surface area contributed by atoms with Crippen molar-refractivity contribution < 1.29 is 8.39 Å². The van der Waals surface area contributed by atoms with Gasteiger partial charge in [-0.1, -0.05) is 0 Å². The quantitative estimate of drug-likeness (QED) is 0.452. The molecular weight excluding hydrogens is 124 g/mol. The molecule has 0 aromatic carbocycles. The van der Waals surface area contributed by atoms with Gasteiger partial charge >= 0.3 is 0 Å². The van der Waals surface area contributed by atoms with E-state index in [1.807, 2.05) is 0 Å². The maximum absolute atomic E-state index is 11.5. The minimum absolute atomic E-state index is 0.581. The highest BCUT2D eigenvalue weighted by Gasteiger charge is 2.48. The smallest absolute Gasteiger partial charge is 0.156 e. The first-order valence-corrected chi connectivity index (χ1v) is 5.39. The number of hydrogen-bond acceptors (Lipinski definition) is 2. The van der Waals surface area contributed by atoms with Gasteiger partial charge in [0.05, 0.1) is 0 Å². The van der Waals surface area contributed by atoms with Gasteiger partial charge in [-0.05, 0) is 12.8 Å². The SMILES string of the molecule is O=S12(CCCC1)CO2. The van der Waals surface area contributed by atoms with Crippen molar-refractivity contribution >= 4 is 9.35 Å².